The van der Waals surface area contributed by atoms with E-state index < -0.39 is 10.0 Å². The number of rotatable bonds is 7. The van der Waals surface area contributed by atoms with E-state index >= 15 is 0 Å². The van der Waals surface area contributed by atoms with E-state index in [1.54, 1.807) is 6.07 Å². The summed E-state index contributed by atoms with van der Waals surface area (Å²) >= 11 is 6.18. The molecule has 0 fully saturated rings. The topological polar surface area (TPSA) is 58.2 Å². The molecular formula is C13H17BrN2O2S3. The molecule has 4 nitrogen and oxygen atoms in total. The summed E-state index contributed by atoms with van der Waals surface area (Å²) in [5.41, 5.74) is 0. The maximum absolute atomic E-state index is 12.2. The monoisotopic (exact) mass is 408 g/mol. The lowest BCUT2D eigenvalue weighted by atomic mass is 10.4. The quantitative estimate of drug-likeness (QED) is 0.736. The standard InChI is InChI=1S/C13H17BrN2O2S3/c1-9(2)15-6-11-3-4-13(20-11)21(17,18)16-7-12-5-10(14)8-19-12/h3-5,8-9,15-16H,6-7H2,1-2H3. The number of halogens is 1. The van der Waals surface area contributed by atoms with Gasteiger partial charge in [-0.3, -0.25) is 0 Å². The predicted octanol–water partition coefficient (Wildman–Crippen LogP) is 3.55. The minimum atomic E-state index is -3.43. The van der Waals surface area contributed by atoms with Crippen molar-refractivity contribution >= 4 is 48.6 Å². The van der Waals surface area contributed by atoms with Gasteiger partial charge in [0.1, 0.15) is 4.21 Å². The fourth-order valence-electron chi connectivity index (χ4n) is 1.59. The van der Waals surface area contributed by atoms with Gasteiger partial charge in [-0.05, 0) is 34.1 Å². The molecule has 0 bridgehead atoms. The van der Waals surface area contributed by atoms with Gasteiger partial charge < -0.3 is 5.32 Å². The molecule has 0 saturated carbocycles. The predicted molar refractivity (Wildman–Crippen MR) is 92.3 cm³/mol. The highest BCUT2D eigenvalue weighted by Gasteiger charge is 2.17. The molecule has 0 amide bonds. The first-order valence-electron chi connectivity index (χ1n) is 6.41. The summed E-state index contributed by atoms with van der Waals surface area (Å²) in [5.74, 6) is 0. The zero-order valence-corrected chi connectivity index (χ0v) is 15.8. The van der Waals surface area contributed by atoms with E-state index in [1.165, 1.54) is 22.7 Å². The Morgan fingerprint density at radius 2 is 2.00 bits per heavy atom. The maximum Gasteiger partial charge on any atom is 0.250 e. The van der Waals surface area contributed by atoms with Gasteiger partial charge in [-0.1, -0.05) is 13.8 Å². The Balaban J connectivity index is 1.99. The Bertz CT molecular complexity index is 692. The second-order valence-electron chi connectivity index (χ2n) is 4.81. The van der Waals surface area contributed by atoms with E-state index in [4.69, 9.17) is 0 Å². The molecule has 0 unspecified atom stereocenters. The van der Waals surface area contributed by atoms with Gasteiger partial charge in [0.25, 0.3) is 0 Å². The average Bonchev–Trinajstić information content (AvgIpc) is 3.03. The summed E-state index contributed by atoms with van der Waals surface area (Å²) in [7, 11) is -3.43. The van der Waals surface area contributed by atoms with Gasteiger partial charge in [-0.2, -0.15) is 0 Å². The van der Waals surface area contributed by atoms with Crippen LogP contribution in [0, 0.1) is 0 Å². The average molecular weight is 409 g/mol. The Hall–Kier alpha value is -0.250. The molecule has 2 aromatic rings. The molecule has 116 valence electrons. The van der Waals surface area contributed by atoms with Gasteiger partial charge >= 0.3 is 0 Å². The number of hydrogen-bond acceptors (Lipinski definition) is 5. The zero-order valence-electron chi connectivity index (χ0n) is 11.7. The molecule has 2 aromatic heterocycles. The summed E-state index contributed by atoms with van der Waals surface area (Å²) in [4.78, 5) is 1.99. The molecule has 0 spiro atoms. The summed E-state index contributed by atoms with van der Waals surface area (Å²) < 4.78 is 28.4. The summed E-state index contributed by atoms with van der Waals surface area (Å²) in [6.45, 7) is 5.13. The van der Waals surface area contributed by atoms with Crippen LogP contribution in [0.4, 0.5) is 0 Å². The lowest BCUT2D eigenvalue weighted by Gasteiger charge is -2.05. The second kappa shape index (κ2) is 7.34. The zero-order chi connectivity index (χ0) is 15.5. The fraction of sp³-hybridized carbons (Fsp3) is 0.385. The molecule has 0 radical (unpaired) electrons. The highest BCUT2D eigenvalue weighted by Crippen LogP contribution is 2.23. The van der Waals surface area contributed by atoms with Crippen LogP contribution in [0.15, 0.2) is 32.3 Å². The third-order valence-corrected chi connectivity index (χ3v) is 7.32. The number of hydrogen-bond donors (Lipinski definition) is 2. The number of sulfonamides is 1. The van der Waals surface area contributed by atoms with Gasteiger partial charge in [0.15, 0.2) is 0 Å². The van der Waals surface area contributed by atoms with Crippen LogP contribution in [0.1, 0.15) is 23.6 Å². The van der Waals surface area contributed by atoms with E-state index in [2.05, 4.69) is 39.8 Å². The minimum absolute atomic E-state index is 0.316. The molecule has 21 heavy (non-hydrogen) atoms. The highest BCUT2D eigenvalue weighted by molar-refractivity contribution is 9.10. The van der Waals surface area contributed by atoms with Crippen LogP contribution in [0.25, 0.3) is 0 Å². The first-order chi connectivity index (χ1) is 9.87. The van der Waals surface area contributed by atoms with Gasteiger partial charge in [-0.15, -0.1) is 22.7 Å². The smallest absolute Gasteiger partial charge is 0.250 e. The van der Waals surface area contributed by atoms with Crippen LogP contribution in [0.2, 0.25) is 0 Å². The molecule has 0 aliphatic heterocycles. The van der Waals surface area contributed by atoms with E-state index in [-0.39, 0.29) is 0 Å². The van der Waals surface area contributed by atoms with E-state index in [1.807, 2.05) is 17.5 Å². The van der Waals surface area contributed by atoms with Crippen molar-refractivity contribution in [3.63, 3.8) is 0 Å². The highest BCUT2D eigenvalue weighted by atomic mass is 79.9. The van der Waals surface area contributed by atoms with E-state index in [0.717, 1.165) is 14.2 Å². The fourth-order valence-corrected chi connectivity index (χ4v) is 5.43. The first kappa shape index (κ1) is 17.1. The van der Waals surface area contributed by atoms with Crippen LogP contribution in [0.3, 0.4) is 0 Å². The lowest BCUT2D eigenvalue weighted by Crippen LogP contribution is -2.22. The van der Waals surface area contributed by atoms with Crippen molar-refractivity contribution in [3.8, 4) is 0 Å². The number of nitrogens with one attached hydrogen (secondary N) is 2. The van der Waals surface area contributed by atoms with E-state index in [9.17, 15) is 8.42 Å². The van der Waals surface area contributed by atoms with Gasteiger partial charge in [0, 0.05) is 38.7 Å². The molecule has 8 heteroatoms. The van der Waals surface area contributed by atoms with Crippen molar-refractivity contribution in [1.29, 1.82) is 0 Å². The van der Waals surface area contributed by atoms with Crippen LogP contribution in [-0.4, -0.2) is 14.5 Å². The van der Waals surface area contributed by atoms with E-state index in [0.29, 0.717) is 23.3 Å². The molecule has 2 heterocycles. The third-order valence-electron chi connectivity index (χ3n) is 2.64. The first-order valence-corrected chi connectivity index (χ1v) is 10.4. The Kier molecular flexibility index (Phi) is 5.98. The van der Waals surface area contributed by atoms with Crippen molar-refractivity contribution in [2.24, 2.45) is 0 Å². The molecular weight excluding hydrogens is 392 g/mol. The second-order valence-corrected chi connectivity index (χ2v) is 9.89. The Morgan fingerprint density at radius 3 is 2.62 bits per heavy atom. The maximum atomic E-state index is 12.2. The molecule has 0 saturated heterocycles. The summed E-state index contributed by atoms with van der Waals surface area (Å²) in [6.07, 6.45) is 0. The van der Waals surface area contributed by atoms with Crippen LogP contribution in [0.5, 0.6) is 0 Å². The molecule has 0 aliphatic rings. The summed E-state index contributed by atoms with van der Waals surface area (Å²) in [5, 5.41) is 5.21. The SMILES string of the molecule is CC(C)NCc1ccc(S(=O)(=O)NCc2cc(Br)cs2)s1. The van der Waals surface area contributed by atoms with Crippen molar-refractivity contribution in [2.75, 3.05) is 0 Å². The minimum Gasteiger partial charge on any atom is -0.310 e. The van der Waals surface area contributed by atoms with Gasteiger partial charge in [0.05, 0.1) is 0 Å². The van der Waals surface area contributed by atoms with Crippen molar-refractivity contribution < 1.29 is 8.42 Å². The Morgan fingerprint density at radius 1 is 1.24 bits per heavy atom. The van der Waals surface area contributed by atoms with Crippen molar-refractivity contribution in [3.05, 3.63) is 37.8 Å². The van der Waals surface area contributed by atoms with Crippen molar-refractivity contribution in [2.45, 2.75) is 37.2 Å². The van der Waals surface area contributed by atoms with Gasteiger partial charge in [-0.25, -0.2) is 13.1 Å². The molecule has 2 N–H and O–H groups in total. The van der Waals surface area contributed by atoms with Crippen LogP contribution < -0.4 is 10.0 Å². The largest absolute Gasteiger partial charge is 0.310 e. The van der Waals surface area contributed by atoms with Gasteiger partial charge in [0.2, 0.25) is 10.0 Å². The Labute approximate surface area is 141 Å². The molecule has 2 rings (SSSR count). The van der Waals surface area contributed by atoms with Crippen LogP contribution in [-0.2, 0) is 23.1 Å². The molecule has 0 aliphatic carbocycles. The van der Waals surface area contributed by atoms with Crippen LogP contribution >= 0.6 is 38.6 Å². The summed E-state index contributed by atoms with van der Waals surface area (Å²) in [6, 6.07) is 5.81. The normalized spacial score (nSPS) is 12.2. The molecule has 0 aromatic carbocycles. The van der Waals surface area contributed by atoms with Crippen molar-refractivity contribution in [1.82, 2.24) is 10.0 Å². The third kappa shape index (κ3) is 5.15. The molecule has 0 atom stereocenters. The number of thiophene rings is 2. The lowest BCUT2D eigenvalue weighted by molar-refractivity contribution is 0.584.